The average molecular weight is 253 g/mol. The maximum Gasteiger partial charge on any atom is 0.0590 e. The molecule has 1 aromatic rings. The number of rotatable bonds is 8. The van der Waals surface area contributed by atoms with Crippen LogP contribution in [0.4, 0.5) is 0 Å². The molecule has 1 rings (SSSR count). The normalized spacial score (nSPS) is 10.8. The number of benzene rings is 1. The van der Waals surface area contributed by atoms with Gasteiger partial charge in [0.25, 0.3) is 0 Å². The lowest BCUT2D eigenvalue weighted by Crippen LogP contribution is -2.22. The molecule has 0 aromatic heterocycles. The van der Waals surface area contributed by atoms with Crippen LogP contribution in [0.2, 0.25) is 0 Å². The molecule has 0 aliphatic rings. The predicted molar refractivity (Wildman–Crippen MR) is 76.0 cm³/mol. The van der Waals surface area contributed by atoms with E-state index in [1.165, 1.54) is 16.0 Å². The Hall–Kier alpha value is -0.510. The Labute approximate surface area is 109 Å². The van der Waals surface area contributed by atoms with Gasteiger partial charge in [0.05, 0.1) is 6.61 Å². The van der Waals surface area contributed by atoms with E-state index in [0.29, 0.717) is 0 Å². The number of nitrogens with one attached hydrogen (secondary N) is 1. The highest BCUT2D eigenvalue weighted by atomic mass is 32.2. The summed E-state index contributed by atoms with van der Waals surface area (Å²) in [6.07, 6.45) is 0. The zero-order valence-corrected chi connectivity index (χ0v) is 11.9. The average Bonchev–Trinajstić information content (AvgIpc) is 2.30. The van der Waals surface area contributed by atoms with Gasteiger partial charge in [-0.05, 0) is 32.4 Å². The molecule has 0 spiro atoms. The molecule has 0 aliphatic carbocycles. The minimum atomic E-state index is 0.805. The summed E-state index contributed by atoms with van der Waals surface area (Å²) in [5.41, 5.74) is 2.71. The third kappa shape index (κ3) is 6.10. The molecule has 0 fully saturated rings. The fourth-order valence-corrected chi connectivity index (χ4v) is 2.53. The lowest BCUT2D eigenvalue weighted by molar-refractivity contribution is 0.150. The van der Waals surface area contributed by atoms with Gasteiger partial charge in [-0.1, -0.05) is 17.7 Å². The predicted octanol–water partition coefficient (Wildman–Crippen LogP) is 3.02. The van der Waals surface area contributed by atoms with E-state index in [-0.39, 0.29) is 0 Å². The third-order valence-electron chi connectivity index (χ3n) is 2.49. The van der Waals surface area contributed by atoms with Gasteiger partial charge in [0, 0.05) is 30.3 Å². The number of aryl methyl sites for hydroxylation is 2. The van der Waals surface area contributed by atoms with Crippen molar-refractivity contribution in [2.45, 2.75) is 25.7 Å². The molecule has 0 heterocycles. The van der Waals surface area contributed by atoms with Crippen molar-refractivity contribution < 1.29 is 4.74 Å². The van der Waals surface area contributed by atoms with Crippen LogP contribution in [0.5, 0.6) is 0 Å². The molecule has 0 saturated carbocycles. The summed E-state index contributed by atoms with van der Waals surface area (Å²) in [5, 5.41) is 3.38. The molecule has 0 radical (unpaired) electrons. The molecular weight excluding hydrogens is 230 g/mol. The van der Waals surface area contributed by atoms with Crippen LogP contribution >= 0.6 is 11.8 Å². The van der Waals surface area contributed by atoms with Gasteiger partial charge in [-0.25, -0.2) is 0 Å². The van der Waals surface area contributed by atoms with Crippen molar-refractivity contribution in [2.75, 3.05) is 32.1 Å². The van der Waals surface area contributed by atoms with Gasteiger partial charge in [-0.3, -0.25) is 0 Å². The quantitative estimate of drug-likeness (QED) is 0.568. The van der Waals surface area contributed by atoms with Crippen LogP contribution < -0.4 is 5.32 Å². The van der Waals surface area contributed by atoms with Crippen molar-refractivity contribution in [3.05, 3.63) is 29.3 Å². The maximum atomic E-state index is 5.26. The Bertz CT molecular complexity index is 328. The second kappa shape index (κ2) is 8.56. The van der Waals surface area contributed by atoms with E-state index in [4.69, 9.17) is 4.74 Å². The summed E-state index contributed by atoms with van der Waals surface area (Å²) in [6, 6.07) is 6.64. The minimum Gasteiger partial charge on any atom is -0.380 e. The van der Waals surface area contributed by atoms with Gasteiger partial charge in [0.1, 0.15) is 0 Å². The largest absolute Gasteiger partial charge is 0.380 e. The van der Waals surface area contributed by atoms with Crippen molar-refractivity contribution in [2.24, 2.45) is 0 Å². The van der Waals surface area contributed by atoms with E-state index >= 15 is 0 Å². The summed E-state index contributed by atoms with van der Waals surface area (Å²) >= 11 is 1.92. The van der Waals surface area contributed by atoms with E-state index in [2.05, 4.69) is 37.4 Å². The van der Waals surface area contributed by atoms with Gasteiger partial charge in [0.2, 0.25) is 0 Å². The summed E-state index contributed by atoms with van der Waals surface area (Å²) in [7, 11) is 0. The molecular formula is C14H23NOS. The molecule has 0 unspecified atom stereocenters. The van der Waals surface area contributed by atoms with Crippen molar-refractivity contribution in [3.63, 3.8) is 0 Å². The van der Waals surface area contributed by atoms with Crippen LogP contribution in [0.3, 0.4) is 0 Å². The van der Waals surface area contributed by atoms with Gasteiger partial charge < -0.3 is 10.1 Å². The Morgan fingerprint density at radius 2 is 2.06 bits per heavy atom. The molecule has 1 aromatic carbocycles. The van der Waals surface area contributed by atoms with Crippen LogP contribution in [0.25, 0.3) is 0 Å². The third-order valence-corrected chi connectivity index (χ3v) is 3.67. The van der Waals surface area contributed by atoms with E-state index in [9.17, 15) is 0 Å². The lowest BCUT2D eigenvalue weighted by atomic mass is 10.2. The standard InChI is InChI=1S/C14H23NOS/c1-4-16-9-7-15-8-10-17-14-6-5-12(2)11-13(14)3/h5-6,11,15H,4,7-10H2,1-3H3. The van der Waals surface area contributed by atoms with Crippen LogP contribution in [0.1, 0.15) is 18.1 Å². The van der Waals surface area contributed by atoms with Crippen LogP contribution in [-0.2, 0) is 4.74 Å². The number of thioether (sulfide) groups is 1. The molecule has 3 heteroatoms. The number of ether oxygens (including phenoxy) is 1. The zero-order valence-electron chi connectivity index (χ0n) is 11.1. The highest BCUT2D eigenvalue weighted by Gasteiger charge is 1.98. The van der Waals surface area contributed by atoms with E-state index in [0.717, 1.165) is 32.1 Å². The number of hydrogen-bond donors (Lipinski definition) is 1. The summed E-state index contributed by atoms with van der Waals surface area (Å²) in [6.45, 7) is 9.93. The maximum absolute atomic E-state index is 5.26. The van der Waals surface area contributed by atoms with Gasteiger partial charge in [-0.15, -0.1) is 11.8 Å². The Kier molecular flexibility index (Phi) is 7.33. The topological polar surface area (TPSA) is 21.3 Å². The van der Waals surface area contributed by atoms with Gasteiger partial charge in [-0.2, -0.15) is 0 Å². The molecule has 0 atom stereocenters. The van der Waals surface area contributed by atoms with E-state index in [1.54, 1.807) is 0 Å². The highest BCUT2D eigenvalue weighted by Crippen LogP contribution is 2.22. The molecule has 0 aliphatic heterocycles. The minimum absolute atomic E-state index is 0.805. The van der Waals surface area contributed by atoms with Crippen molar-refractivity contribution in [3.8, 4) is 0 Å². The SMILES string of the molecule is CCOCCNCCSc1ccc(C)cc1C. The van der Waals surface area contributed by atoms with Crippen molar-refractivity contribution in [1.82, 2.24) is 5.32 Å². The van der Waals surface area contributed by atoms with Crippen LogP contribution in [0.15, 0.2) is 23.1 Å². The Morgan fingerprint density at radius 1 is 1.24 bits per heavy atom. The van der Waals surface area contributed by atoms with Gasteiger partial charge in [0.15, 0.2) is 0 Å². The highest BCUT2D eigenvalue weighted by molar-refractivity contribution is 7.99. The first-order valence-electron chi connectivity index (χ1n) is 6.22. The molecule has 0 saturated heterocycles. The monoisotopic (exact) mass is 253 g/mol. The lowest BCUT2D eigenvalue weighted by Gasteiger charge is -2.07. The summed E-state index contributed by atoms with van der Waals surface area (Å²) in [4.78, 5) is 1.39. The zero-order chi connectivity index (χ0) is 12.5. The second-order valence-corrected chi connectivity index (χ2v) is 5.20. The van der Waals surface area contributed by atoms with Gasteiger partial charge >= 0.3 is 0 Å². The first kappa shape index (κ1) is 14.6. The molecule has 0 bridgehead atoms. The Morgan fingerprint density at radius 3 is 2.76 bits per heavy atom. The molecule has 17 heavy (non-hydrogen) atoms. The summed E-state index contributed by atoms with van der Waals surface area (Å²) in [5.74, 6) is 1.11. The molecule has 0 amide bonds. The number of hydrogen-bond acceptors (Lipinski definition) is 3. The second-order valence-electron chi connectivity index (χ2n) is 4.06. The van der Waals surface area contributed by atoms with Crippen LogP contribution in [-0.4, -0.2) is 32.1 Å². The summed E-state index contributed by atoms with van der Waals surface area (Å²) < 4.78 is 5.26. The van der Waals surface area contributed by atoms with Crippen LogP contribution in [0, 0.1) is 13.8 Å². The molecule has 2 nitrogen and oxygen atoms in total. The smallest absolute Gasteiger partial charge is 0.0590 e. The van der Waals surface area contributed by atoms with Crippen molar-refractivity contribution >= 4 is 11.8 Å². The van der Waals surface area contributed by atoms with E-state index in [1.807, 2.05) is 18.7 Å². The fraction of sp³-hybridized carbons (Fsp3) is 0.571. The van der Waals surface area contributed by atoms with Crippen molar-refractivity contribution in [1.29, 1.82) is 0 Å². The molecule has 1 N–H and O–H groups in total. The Balaban J connectivity index is 2.14. The first-order chi connectivity index (χ1) is 8.24. The molecule has 96 valence electrons. The first-order valence-corrected chi connectivity index (χ1v) is 7.21. The van der Waals surface area contributed by atoms with E-state index < -0.39 is 0 Å². The fourth-order valence-electron chi connectivity index (χ4n) is 1.61.